The fourth-order valence-electron chi connectivity index (χ4n) is 3.94. The van der Waals surface area contributed by atoms with Crippen molar-refractivity contribution in [3.63, 3.8) is 0 Å². The van der Waals surface area contributed by atoms with Crippen molar-refractivity contribution in [2.24, 2.45) is 23.7 Å². The van der Waals surface area contributed by atoms with Gasteiger partial charge in [0.05, 0.1) is 16.6 Å². The lowest BCUT2D eigenvalue weighted by Gasteiger charge is -2.41. The second-order valence-electron chi connectivity index (χ2n) is 7.05. The fraction of sp³-hybridized carbons (Fsp3) is 0.611. The Morgan fingerprint density at radius 2 is 1.67 bits per heavy atom. The summed E-state index contributed by atoms with van der Waals surface area (Å²) < 4.78 is 31.3. The van der Waals surface area contributed by atoms with Gasteiger partial charge in [-0.2, -0.15) is 0 Å². The van der Waals surface area contributed by atoms with Gasteiger partial charge in [-0.15, -0.1) is 0 Å². The monoisotopic (exact) mass is 416 g/mol. The van der Waals surface area contributed by atoms with E-state index in [9.17, 15) is 13.2 Å². The van der Waals surface area contributed by atoms with Crippen molar-refractivity contribution in [3.8, 4) is 0 Å². The molecule has 0 N–H and O–H groups in total. The third-order valence-corrected chi connectivity index (χ3v) is 7.60. The lowest BCUT2D eigenvalue weighted by molar-refractivity contribution is -0.160. The van der Waals surface area contributed by atoms with E-state index in [0.29, 0.717) is 5.33 Å². The molecule has 1 heterocycles. The Balaban J connectivity index is 2.39. The number of benzene rings is 1. The maximum absolute atomic E-state index is 12.7. The van der Waals surface area contributed by atoms with Gasteiger partial charge in [-0.25, -0.2) is 8.42 Å². The Labute approximate surface area is 153 Å². The minimum atomic E-state index is -3.54. The Hall–Kier alpha value is -0.880. The molecule has 2 atom stereocenters. The number of sulfone groups is 1. The Bertz CT molecular complexity index is 674. The fourth-order valence-corrected chi connectivity index (χ4v) is 6.50. The first kappa shape index (κ1) is 19.4. The molecule has 0 unspecified atom stereocenters. The number of hydrogen-bond donors (Lipinski definition) is 0. The summed E-state index contributed by atoms with van der Waals surface area (Å²) in [5, 5.41) is 0.532. The van der Waals surface area contributed by atoms with Gasteiger partial charge in [-0.3, -0.25) is 4.79 Å². The Kier molecular flexibility index (Phi) is 5.80. The molecule has 1 aliphatic heterocycles. The van der Waals surface area contributed by atoms with Gasteiger partial charge in [0.15, 0.2) is 9.84 Å². The molecule has 0 aromatic heterocycles. The van der Waals surface area contributed by atoms with Gasteiger partial charge in [0.1, 0.15) is 5.60 Å². The van der Waals surface area contributed by atoms with Gasteiger partial charge in [-0.05, 0) is 24.0 Å². The third-order valence-electron chi connectivity index (χ3n) is 5.12. The van der Waals surface area contributed by atoms with E-state index in [2.05, 4.69) is 15.9 Å². The van der Waals surface area contributed by atoms with Crippen molar-refractivity contribution in [2.75, 3.05) is 11.1 Å². The maximum atomic E-state index is 12.7. The van der Waals surface area contributed by atoms with Crippen LogP contribution in [-0.2, 0) is 19.4 Å². The molecule has 1 fully saturated rings. The normalized spacial score (nSPS) is 23.7. The van der Waals surface area contributed by atoms with E-state index in [1.807, 2.05) is 27.7 Å². The van der Waals surface area contributed by atoms with Crippen molar-refractivity contribution in [3.05, 3.63) is 30.3 Å². The highest BCUT2D eigenvalue weighted by atomic mass is 79.9. The Morgan fingerprint density at radius 3 is 2.12 bits per heavy atom. The van der Waals surface area contributed by atoms with Gasteiger partial charge >= 0.3 is 5.97 Å². The van der Waals surface area contributed by atoms with Crippen molar-refractivity contribution in [1.82, 2.24) is 0 Å². The van der Waals surface area contributed by atoms with Crippen LogP contribution in [0.2, 0.25) is 0 Å². The van der Waals surface area contributed by atoms with Crippen LogP contribution in [0.3, 0.4) is 0 Å². The van der Waals surface area contributed by atoms with Crippen LogP contribution in [0.15, 0.2) is 35.2 Å². The topological polar surface area (TPSA) is 60.4 Å². The highest BCUT2D eigenvalue weighted by molar-refractivity contribution is 9.09. The van der Waals surface area contributed by atoms with Crippen LogP contribution in [0.5, 0.6) is 0 Å². The largest absolute Gasteiger partial charge is 0.458 e. The number of carbonyl (C=O) groups excluding carboxylic acids is 1. The first-order chi connectivity index (χ1) is 11.2. The van der Waals surface area contributed by atoms with E-state index in [0.717, 1.165) is 0 Å². The highest BCUT2D eigenvalue weighted by Gasteiger charge is 2.58. The number of ether oxygens (including phenoxy) is 1. The van der Waals surface area contributed by atoms with E-state index in [-0.39, 0.29) is 28.4 Å². The van der Waals surface area contributed by atoms with Crippen LogP contribution in [0.4, 0.5) is 0 Å². The van der Waals surface area contributed by atoms with E-state index in [4.69, 9.17) is 4.74 Å². The summed E-state index contributed by atoms with van der Waals surface area (Å²) in [5.41, 5.74) is -0.641. The van der Waals surface area contributed by atoms with Gasteiger partial charge < -0.3 is 4.74 Å². The van der Waals surface area contributed by atoms with Crippen LogP contribution in [0, 0.1) is 23.7 Å². The first-order valence-corrected chi connectivity index (χ1v) is 11.0. The summed E-state index contributed by atoms with van der Waals surface area (Å²) in [4.78, 5) is 12.8. The van der Waals surface area contributed by atoms with E-state index < -0.39 is 27.3 Å². The summed E-state index contributed by atoms with van der Waals surface area (Å²) in [6, 6.07) is 8.28. The number of esters is 1. The van der Waals surface area contributed by atoms with Gasteiger partial charge in [0, 0.05) is 11.2 Å². The third kappa shape index (κ3) is 3.27. The second-order valence-corrected chi connectivity index (χ2v) is 9.73. The van der Waals surface area contributed by atoms with E-state index >= 15 is 0 Å². The molecule has 1 aromatic rings. The molecule has 0 saturated carbocycles. The zero-order valence-electron chi connectivity index (χ0n) is 14.5. The highest BCUT2D eigenvalue weighted by Crippen LogP contribution is 2.48. The predicted molar refractivity (Wildman–Crippen MR) is 97.8 cm³/mol. The number of alkyl halides is 1. The lowest BCUT2D eigenvalue weighted by atomic mass is 9.70. The first-order valence-electron chi connectivity index (χ1n) is 8.23. The molecule has 1 saturated heterocycles. The summed E-state index contributed by atoms with van der Waals surface area (Å²) in [7, 11) is -3.54. The van der Waals surface area contributed by atoms with Crippen LogP contribution in [0.25, 0.3) is 0 Å². The van der Waals surface area contributed by atoms with Crippen LogP contribution >= 0.6 is 15.9 Å². The quantitative estimate of drug-likeness (QED) is 0.523. The average molecular weight is 417 g/mol. The molecular weight excluding hydrogens is 392 g/mol. The molecule has 6 heteroatoms. The van der Waals surface area contributed by atoms with Crippen LogP contribution in [0.1, 0.15) is 27.7 Å². The SMILES string of the molecule is CC(C)C1(C(C)C)OC(=O)[C@@H](CS(=O)(=O)c2ccccc2)[C@@H]1CBr. The number of halogens is 1. The van der Waals surface area contributed by atoms with Crippen molar-refractivity contribution >= 4 is 31.7 Å². The smallest absolute Gasteiger partial charge is 0.311 e. The molecule has 4 nitrogen and oxygen atoms in total. The van der Waals surface area contributed by atoms with E-state index in [1.54, 1.807) is 30.3 Å². The number of carbonyl (C=O) groups is 1. The minimum Gasteiger partial charge on any atom is -0.458 e. The van der Waals surface area contributed by atoms with Gasteiger partial charge in [0.25, 0.3) is 0 Å². The number of rotatable bonds is 6. The van der Waals surface area contributed by atoms with Crippen molar-refractivity contribution in [2.45, 2.75) is 38.2 Å². The lowest BCUT2D eigenvalue weighted by Crippen LogP contribution is -2.48. The van der Waals surface area contributed by atoms with Crippen LogP contribution in [-0.4, -0.2) is 31.1 Å². The molecular formula is C18H25BrO4S. The van der Waals surface area contributed by atoms with Crippen molar-refractivity contribution in [1.29, 1.82) is 0 Å². The molecule has 0 aliphatic carbocycles. The average Bonchev–Trinajstić information content (AvgIpc) is 2.81. The molecule has 2 rings (SSSR count). The van der Waals surface area contributed by atoms with E-state index in [1.165, 1.54) is 0 Å². The molecule has 24 heavy (non-hydrogen) atoms. The zero-order valence-corrected chi connectivity index (χ0v) is 16.9. The standard InChI is InChI=1S/C18H25BrO4S/c1-12(2)18(13(3)4)16(10-19)15(17(20)23-18)11-24(21,22)14-8-6-5-7-9-14/h5-9,12-13,15-16H,10-11H2,1-4H3/t15-,16-/m0/s1. The van der Waals surface area contributed by atoms with Gasteiger partial charge in [-0.1, -0.05) is 61.8 Å². The molecule has 0 bridgehead atoms. The number of hydrogen-bond acceptors (Lipinski definition) is 4. The molecule has 0 amide bonds. The van der Waals surface area contributed by atoms with Crippen LogP contribution < -0.4 is 0 Å². The van der Waals surface area contributed by atoms with Crippen molar-refractivity contribution < 1.29 is 17.9 Å². The molecule has 0 spiro atoms. The molecule has 134 valence electrons. The number of cyclic esters (lactones) is 1. The molecule has 0 radical (unpaired) electrons. The summed E-state index contributed by atoms with van der Waals surface area (Å²) in [6.07, 6.45) is 0. The maximum Gasteiger partial charge on any atom is 0.311 e. The summed E-state index contributed by atoms with van der Waals surface area (Å²) in [6.45, 7) is 8.10. The minimum absolute atomic E-state index is 0.105. The van der Waals surface area contributed by atoms with Gasteiger partial charge in [0.2, 0.25) is 0 Å². The molecule has 1 aromatic carbocycles. The Morgan fingerprint density at radius 1 is 1.12 bits per heavy atom. The predicted octanol–water partition coefficient (Wildman–Crippen LogP) is 3.70. The summed E-state index contributed by atoms with van der Waals surface area (Å²) in [5.74, 6) is -1.24. The molecule has 1 aliphatic rings. The summed E-state index contributed by atoms with van der Waals surface area (Å²) >= 11 is 3.49. The zero-order chi connectivity index (χ0) is 18.1. The second kappa shape index (κ2) is 7.16.